The van der Waals surface area contributed by atoms with Crippen LogP contribution in [0.4, 0.5) is 0 Å². The Hall–Kier alpha value is -4.41. The van der Waals surface area contributed by atoms with Gasteiger partial charge in [0.2, 0.25) is 0 Å². The van der Waals surface area contributed by atoms with E-state index in [-0.39, 0.29) is 0 Å². The quantitative estimate of drug-likeness (QED) is 0.255. The van der Waals surface area contributed by atoms with Crippen molar-refractivity contribution in [3.63, 3.8) is 0 Å². The number of rotatable bonds is 2. The molecule has 0 bridgehead atoms. The fourth-order valence-corrected chi connectivity index (χ4v) is 6.22. The molecular formula is C31H18N2OS. The largest absolute Gasteiger partial charge is 0.456 e. The van der Waals surface area contributed by atoms with Crippen molar-refractivity contribution in [1.82, 2.24) is 9.55 Å². The van der Waals surface area contributed by atoms with Crippen molar-refractivity contribution < 1.29 is 4.42 Å². The summed E-state index contributed by atoms with van der Waals surface area (Å²) in [7, 11) is 0. The summed E-state index contributed by atoms with van der Waals surface area (Å²) in [5.74, 6) is 0. The maximum atomic E-state index is 6.08. The summed E-state index contributed by atoms with van der Waals surface area (Å²) in [5.41, 5.74) is 7.48. The summed E-state index contributed by atoms with van der Waals surface area (Å²) in [4.78, 5) is 5.01. The predicted molar refractivity (Wildman–Crippen MR) is 147 cm³/mol. The highest BCUT2D eigenvalue weighted by Crippen LogP contribution is 2.39. The predicted octanol–water partition coefficient (Wildman–Crippen LogP) is 8.96. The highest BCUT2D eigenvalue weighted by molar-refractivity contribution is 7.21. The van der Waals surface area contributed by atoms with E-state index in [0.29, 0.717) is 0 Å². The Bertz CT molecular complexity index is 2060. The van der Waals surface area contributed by atoms with Crippen LogP contribution in [0.15, 0.2) is 114 Å². The Morgan fingerprint density at radius 2 is 1.37 bits per heavy atom. The average Bonchev–Trinajstić information content (AvgIpc) is 3.59. The first kappa shape index (κ1) is 19.0. The number of fused-ring (bicyclic) bond motifs is 7. The smallest absolute Gasteiger partial charge is 0.135 e. The molecule has 0 amide bonds. The molecule has 0 aliphatic heterocycles. The Morgan fingerprint density at radius 1 is 0.600 bits per heavy atom. The Balaban J connectivity index is 1.44. The van der Waals surface area contributed by atoms with Crippen molar-refractivity contribution in [1.29, 1.82) is 0 Å². The van der Waals surface area contributed by atoms with Gasteiger partial charge in [-0.05, 0) is 42.5 Å². The second-order valence-electron chi connectivity index (χ2n) is 8.85. The summed E-state index contributed by atoms with van der Waals surface area (Å²) in [6, 6.07) is 38.3. The molecule has 0 saturated heterocycles. The molecule has 0 unspecified atom stereocenters. The van der Waals surface area contributed by atoms with Crippen molar-refractivity contribution in [2.24, 2.45) is 0 Å². The van der Waals surface area contributed by atoms with E-state index in [9.17, 15) is 0 Å². The lowest BCUT2D eigenvalue weighted by molar-refractivity contribution is 0.669. The molecule has 3 aromatic heterocycles. The molecule has 0 fully saturated rings. The number of para-hydroxylation sites is 2. The number of nitrogens with zero attached hydrogens (tertiary/aromatic N) is 2. The second kappa shape index (κ2) is 7.05. The SMILES string of the molecule is c1ccc(-c2nc3cc4c(cc3s2)c2ccccc2n4-c2ccc3oc4ccccc4c3c2)cc1. The molecule has 8 rings (SSSR count). The first-order valence-corrected chi connectivity index (χ1v) is 12.5. The average molecular weight is 467 g/mol. The van der Waals surface area contributed by atoms with Gasteiger partial charge in [0.05, 0.1) is 21.3 Å². The van der Waals surface area contributed by atoms with E-state index in [1.165, 1.54) is 21.0 Å². The van der Waals surface area contributed by atoms with Gasteiger partial charge in [0.15, 0.2) is 0 Å². The van der Waals surface area contributed by atoms with E-state index in [1.54, 1.807) is 11.3 Å². The summed E-state index contributed by atoms with van der Waals surface area (Å²) >= 11 is 1.75. The first-order chi connectivity index (χ1) is 17.3. The molecule has 35 heavy (non-hydrogen) atoms. The van der Waals surface area contributed by atoms with Crippen LogP contribution in [0.5, 0.6) is 0 Å². The van der Waals surface area contributed by atoms with E-state index in [0.717, 1.165) is 49.2 Å². The Morgan fingerprint density at radius 3 is 2.29 bits per heavy atom. The fraction of sp³-hybridized carbons (Fsp3) is 0. The zero-order chi connectivity index (χ0) is 22.9. The van der Waals surface area contributed by atoms with Gasteiger partial charge < -0.3 is 8.98 Å². The highest BCUT2D eigenvalue weighted by Gasteiger charge is 2.16. The number of aromatic nitrogens is 2. The molecule has 4 heteroatoms. The van der Waals surface area contributed by atoms with Crippen LogP contribution in [-0.2, 0) is 0 Å². The monoisotopic (exact) mass is 466 g/mol. The molecule has 0 radical (unpaired) electrons. The molecule has 0 aliphatic carbocycles. The molecule has 0 saturated carbocycles. The zero-order valence-corrected chi connectivity index (χ0v) is 19.4. The van der Waals surface area contributed by atoms with Gasteiger partial charge in [-0.1, -0.05) is 66.7 Å². The minimum Gasteiger partial charge on any atom is -0.456 e. The molecule has 3 nitrogen and oxygen atoms in total. The van der Waals surface area contributed by atoms with Gasteiger partial charge in [-0.2, -0.15) is 0 Å². The first-order valence-electron chi connectivity index (χ1n) is 11.6. The van der Waals surface area contributed by atoms with E-state index < -0.39 is 0 Å². The molecule has 0 aliphatic rings. The Kier molecular flexibility index (Phi) is 3.82. The number of furan rings is 1. The summed E-state index contributed by atoms with van der Waals surface area (Å²) in [5, 5.41) is 5.81. The van der Waals surface area contributed by atoms with Crippen molar-refractivity contribution in [2.75, 3.05) is 0 Å². The van der Waals surface area contributed by atoms with Gasteiger partial charge in [-0.3, -0.25) is 0 Å². The lowest BCUT2D eigenvalue weighted by Crippen LogP contribution is -1.93. The third kappa shape index (κ3) is 2.74. The van der Waals surface area contributed by atoms with Crippen LogP contribution in [0.2, 0.25) is 0 Å². The standard InChI is InChI=1S/C31H18N2OS/c1-2-8-19(9-3-1)31-32-25-18-27-23(17-30(25)35-31)21-10-4-6-12-26(21)33(27)20-14-15-29-24(16-20)22-11-5-7-13-28(22)34-29/h1-18H. The van der Waals surface area contributed by atoms with Gasteiger partial charge in [0, 0.05) is 32.8 Å². The van der Waals surface area contributed by atoms with E-state index in [2.05, 4.69) is 95.6 Å². The van der Waals surface area contributed by atoms with Crippen molar-refractivity contribution in [3.8, 4) is 16.3 Å². The number of thiazole rings is 1. The summed E-state index contributed by atoms with van der Waals surface area (Å²) in [6.07, 6.45) is 0. The second-order valence-corrected chi connectivity index (χ2v) is 9.88. The van der Waals surface area contributed by atoms with Gasteiger partial charge in [-0.15, -0.1) is 11.3 Å². The highest BCUT2D eigenvalue weighted by atomic mass is 32.1. The van der Waals surface area contributed by atoms with Crippen molar-refractivity contribution in [2.45, 2.75) is 0 Å². The number of benzene rings is 5. The molecule has 3 heterocycles. The topological polar surface area (TPSA) is 31.0 Å². The fourth-order valence-electron chi connectivity index (χ4n) is 5.23. The molecular weight excluding hydrogens is 448 g/mol. The third-order valence-corrected chi connectivity index (χ3v) is 7.89. The Labute approximate surface area is 204 Å². The van der Waals surface area contributed by atoms with Crippen LogP contribution < -0.4 is 0 Å². The van der Waals surface area contributed by atoms with Crippen LogP contribution in [0, 0.1) is 0 Å². The van der Waals surface area contributed by atoms with Crippen LogP contribution in [0.25, 0.3) is 70.2 Å². The molecule has 8 aromatic rings. The van der Waals surface area contributed by atoms with Crippen LogP contribution in [0.1, 0.15) is 0 Å². The maximum Gasteiger partial charge on any atom is 0.135 e. The minimum absolute atomic E-state index is 0.908. The molecule has 0 N–H and O–H groups in total. The van der Waals surface area contributed by atoms with Crippen molar-refractivity contribution in [3.05, 3.63) is 109 Å². The van der Waals surface area contributed by atoms with Crippen LogP contribution >= 0.6 is 11.3 Å². The minimum atomic E-state index is 0.908. The molecule has 5 aromatic carbocycles. The maximum absolute atomic E-state index is 6.08. The third-order valence-electron chi connectivity index (χ3n) is 6.82. The van der Waals surface area contributed by atoms with E-state index >= 15 is 0 Å². The van der Waals surface area contributed by atoms with Crippen LogP contribution in [0.3, 0.4) is 0 Å². The lowest BCUT2D eigenvalue weighted by Gasteiger charge is -2.08. The normalized spacial score (nSPS) is 12.0. The van der Waals surface area contributed by atoms with E-state index in [4.69, 9.17) is 9.40 Å². The van der Waals surface area contributed by atoms with Crippen molar-refractivity contribution >= 4 is 65.3 Å². The van der Waals surface area contributed by atoms with Gasteiger partial charge in [0.25, 0.3) is 0 Å². The zero-order valence-electron chi connectivity index (χ0n) is 18.6. The molecule has 0 atom stereocenters. The molecule has 0 spiro atoms. The lowest BCUT2D eigenvalue weighted by atomic mass is 10.1. The summed E-state index contributed by atoms with van der Waals surface area (Å²) in [6.45, 7) is 0. The summed E-state index contributed by atoms with van der Waals surface area (Å²) < 4.78 is 9.64. The van der Waals surface area contributed by atoms with Crippen LogP contribution in [-0.4, -0.2) is 9.55 Å². The van der Waals surface area contributed by atoms with Gasteiger partial charge in [0.1, 0.15) is 16.2 Å². The van der Waals surface area contributed by atoms with E-state index in [1.807, 2.05) is 18.2 Å². The van der Waals surface area contributed by atoms with Gasteiger partial charge >= 0.3 is 0 Å². The number of hydrogen-bond acceptors (Lipinski definition) is 3. The number of hydrogen-bond donors (Lipinski definition) is 0. The molecule has 164 valence electrons. The van der Waals surface area contributed by atoms with Gasteiger partial charge in [-0.25, -0.2) is 4.98 Å².